The van der Waals surface area contributed by atoms with Crippen molar-refractivity contribution < 1.29 is 12.6 Å². The molecule has 0 atom stereocenters. The van der Waals surface area contributed by atoms with Gasteiger partial charge in [-0.3, -0.25) is 4.18 Å². The van der Waals surface area contributed by atoms with Gasteiger partial charge in [0, 0.05) is 12.4 Å². The molecule has 0 saturated heterocycles. The fraction of sp³-hybridized carbons (Fsp3) is 0.100. The minimum Gasteiger partial charge on any atom is -0.253 e. The number of nitrogens with zero attached hydrogens (tertiary/aromatic N) is 2. The largest absolute Gasteiger partial charge is 0.333 e. The van der Waals surface area contributed by atoms with Crippen molar-refractivity contribution in [2.75, 3.05) is 0 Å². The summed E-state index contributed by atoms with van der Waals surface area (Å²) in [6.45, 7) is -0.0712. The van der Waals surface area contributed by atoms with Crippen molar-refractivity contribution in [3.05, 3.63) is 48.3 Å². The van der Waals surface area contributed by atoms with Gasteiger partial charge in [0.1, 0.15) is 0 Å². The average molecular weight is 253 g/mol. The second kappa shape index (κ2) is 4.66. The number of aromatic nitrogens is 2. The van der Waals surface area contributed by atoms with Gasteiger partial charge in [-0.2, -0.15) is 13.5 Å². The summed E-state index contributed by atoms with van der Waals surface area (Å²) in [6, 6.07) is 8.95. The highest BCUT2D eigenvalue weighted by atomic mass is 32.2. The van der Waals surface area contributed by atoms with E-state index in [-0.39, 0.29) is 6.61 Å². The van der Waals surface area contributed by atoms with Crippen molar-refractivity contribution in [1.29, 1.82) is 0 Å². The third-order valence-corrected chi connectivity index (χ3v) is 2.54. The molecule has 1 aromatic heterocycles. The van der Waals surface area contributed by atoms with E-state index in [2.05, 4.69) is 9.28 Å². The molecule has 0 unspecified atom stereocenters. The molecule has 1 aromatic carbocycles. The molecule has 2 rings (SSSR count). The molecular weight excluding hydrogens is 242 g/mol. The molecule has 6 nitrogen and oxygen atoms in total. The summed E-state index contributed by atoms with van der Waals surface area (Å²) in [6.07, 6.45) is 3.49. The van der Waals surface area contributed by atoms with Gasteiger partial charge < -0.3 is 0 Å². The lowest BCUT2D eigenvalue weighted by Gasteiger charge is -2.04. The van der Waals surface area contributed by atoms with E-state index in [1.807, 2.05) is 24.4 Å². The first kappa shape index (κ1) is 11.8. The molecule has 90 valence electrons. The Morgan fingerprint density at radius 1 is 1.29 bits per heavy atom. The Labute approximate surface area is 98.9 Å². The van der Waals surface area contributed by atoms with Crippen LogP contribution >= 0.6 is 0 Å². The van der Waals surface area contributed by atoms with Gasteiger partial charge in [0.25, 0.3) is 0 Å². The molecule has 1 heterocycles. The van der Waals surface area contributed by atoms with Gasteiger partial charge in [-0.05, 0) is 23.8 Å². The Balaban J connectivity index is 2.09. The monoisotopic (exact) mass is 253 g/mol. The van der Waals surface area contributed by atoms with Crippen LogP contribution in [0.25, 0.3) is 5.69 Å². The van der Waals surface area contributed by atoms with E-state index in [0.717, 1.165) is 11.3 Å². The second-order valence-electron chi connectivity index (χ2n) is 3.37. The fourth-order valence-electron chi connectivity index (χ4n) is 1.32. The quantitative estimate of drug-likeness (QED) is 0.864. The highest BCUT2D eigenvalue weighted by Gasteiger charge is 2.03. The van der Waals surface area contributed by atoms with Crippen molar-refractivity contribution in [1.82, 2.24) is 9.78 Å². The van der Waals surface area contributed by atoms with E-state index in [4.69, 9.17) is 5.14 Å². The van der Waals surface area contributed by atoms with Gasteiger partial charge in [0.2, 0.25) is 0 Å². The SMILES string of the molecule is NS(=O)(=O)OCc1ccc(-n2cccn2)cc1. The lowest BCUT2D eigenvalue weighted by molar-refractivity contribution is 0.308. The van der Waals surface area contributed by atoms with Crippen LogP contribution < -0.4 is 5.14 Å². The van der Waals surface area contributed by atoms with Crippen molar-refractivity contribution in [3.8, 4) is 5.69 Å². The molecule has 17 heavy (non-hydrogen) atoms. The first-order valence-electron chi connectivity index (χ1n) is 4.81. The summed E-state index contributed by atoms with van der Waals surface area (Å²) in [5, 5.41) is 8.80. The van der Waals surface area contributed by atoms with Crippen LogP contribution in [0.5, 0.6) is 0 Å². The van der Waals surface area contributed by atoms with Crippen LogP contribution in [0.4, 0.5) is 0 Å². The van der Waals surface area contributed by atoms with Crippen LogP contribution in [0.2, 0.25) is 0 Å². The van der Waals surface area contributed by atoms with Crippen molar-refractivity contribution in [2.45, 2.75) is 6.61 Å². The molecular formula is C10H11N3O3S. The van der Waals surface area contributed by atoms with Crippen LogP contribution in [-0.2, 0) is 21.1 Å². The van der Waals surface area contributed by atoms with Crippen LogP contribution in [0.3, 0.4) is 0 Å². The van der Waals surface area contributed by atoms with Gasteiger partial charge in [0.05, 0.1) is 12.3 Å². The molecule has 2 aromatic rings. The summed E-state index contributed by atoms with van der Waals surface area (Å²) < 4.78 is 27.4. The zero-order valence-electron chi connectivity index (χ0n) is 8.85. The first-order valence-corrected chi connectivity index (χ1v) is 6.28. The number of nitrogens with two attached hydrogens (primary N) is 1. The predicted octanol–water partition coefficient (Wildman–Crippen LogP) is 0.592. The van der Waals surface area contributed by atoms with Crippen LogP contribution in [0.1, 0.15) is 5.56 Å². The lowest BCUT2D eigenvalue weighted by Crippen LogP contribution is -2.15. The standard InChI is InChI=1S/C10H11N3O3S/c11-17(14,15)16-8-9-2-4-10(5-3-9)13-7-1-6-12-13/h1-7H,8H2,(H2,11,14,15). The Bertz CT molecular complexity index is 576. The van der Waals surface area contributed by atoms with Gasteiger partial charge in [-0.25, -0.2) is 9.82 Å². The normalized spacial score (nSPS) is 11.6. The zero-order chi connectivity index (χ0) is 12.3. The summed E-state index contributed by atoms with van der Waals surface area (Å²) >= 11 is 0. The second-order valence-corrected chi connectivity index (χ2v) is 4.59. The van der Waals surface area contributed by atoms with E-state index in [1.165, 1.54) is 0 Å². The van der Waals surface area contributed by atoms with E-state index >= 15 is 0 Å². The van der Waals surface area contributed by atoms with Crippen LogP contribution in [-0.4, -0.2) is 18.2 Å². The molecule has 0 aliphatic heterocycles. The van der Waals surface area contributed by atoms with Gasteiger partial charge in [-0.15, -0.1) is 0 Å². The first-order chi connectivity index (χ1) is 8.04. The van der Waals surface area contributed by atoms with Crippen LogP contribution in [0, 0.1) is 0 Å². The maximum Gasteiger partial charge on any atom is 0.333 e. The molecule has 0 fully saturated rings. The molecule has 0 amide bonds. The number of hydrogen-bond donors (Lipinski definition) is 1. The minimum absolute atomic E-state index is 0.0712. The van der Waals surface area contributed by atoms with Gasteiger partial charge in [0.15, 0.2) is 0 Å². The molecule has 7 heteroatoms. The lowest BCUT2D eigenvalue weighted by atomic mass is 10.2. The fourth-order valence-corrected chi connectivity index (χ4v) is 1.62. The smallest absolute Gasteiger partial charge is 0.253 e. The van der Waals surface area contributed by atoms with E-state index in [1.54, 1.807) is 23.0 Å². The topological polar surface area (TPSA) is 87.2 Å². The Kier molecular flexibility index (Phi) is 3.23. The van der Waals surface area contributed by atoms with Crippen LogP contribution in [0.15, 0.2) is 42.7 Å². The van der Waals surface area contributed by atoms with E-state index < -0.39 is 10.3 Å². The van der Waals surface area contributed by atoms with Crippen molar-refractivity contribution >= 4 is 10.3 Å². The van der Waals surface area contributed by atoms with E-state index in [0.29, 0.717) is 0 Å². The zero-order valence-corrected chi connectivity index (χ0v) is 9.67. The van der Waals surface area contributed by atoms with Gasteiger partial charge >= 0.3 is 10.3 Å². The molecule has 0 radical (unpaired) electrons. The Morgan fingerprint density at radius 3 is 2.53 bits per heavy atom. The minimum atomic E-state index is -3.89. The molecule has 2 N–H and O–H groups in total. The number of hydrogen-bond acceptors (Lipinski definition) is 4. The third kappa shape index (κ3) is 3.38. The summed E-state index contributed by atoms with van der Waals surface area (Å²) in [7, 11) is -3.89. The molecule has 0 spiro atoms. The maximum atomic E-state index is 10.6. The molecule has 0 bridgehead atoms. The predicted molar refractivity (Wildman–Crippen MR) is 61.5 cm³/mol. The third-order valence-electron chi connectivity index (χ3n) is 2.10. The highest BCUT2D eigenvalue weighted by Crippen LogP contribution is 2.09. The Morgan fingerprint density at radius 2 is 2.00 bits per heavy atom. The van der Waals surface area contributed by atoms with Gasteiger partial charge in [-0.1, -0.05) is 12.1 Å². The van der Waals surface area contributed by atoms with E-state index in [9.17, 15) is 8.42 Å². The summed E-state index contributed by atoms with van der Waals surface area (Å²) in [5.41, 5.74) is 1.60. The molecule has 0 aliphatic carbocycles. The highest BCUT2D eigenvalue weighted by molar-refractivity contribution is 7.84. The number of benzene rings is 1. The van der Waals surface area contributed by atoms with Crippen molar-refractivity contribution in [3.63, 3.8) is 0 Å². The maximum absolute atomic E-state index is 10.6. The molecule has 0 aliphatic rings. The number of rotatable bonds is 4. The summed E-state index contributed by atoms with van der Waals surface area (Å²) in [5.74, 6) is 0. The summed E-state index contributed by atoms with van der Waals surface area (Å²) in [4.78, 5) is 0. The average Bonchev–Trinajstić information content (AvgIpc) is 2.79. The van der Waals surface area contributed by atoms with Crippen molar-refractivity contribution in [2.24, 2.45) is 5.14 Å². The molecule has 0 saturated carbocycles. The Hall–Kier alpha value is -1.70.